The predicted molar refractivity (Wildman–Crippen MR) is 240 cm³/mol. The van der Waals surface area contributed by atoms with Crippen molar-refractivity contribution in [2.24, 2.45) is 0 Å². The van der Waals surface area contributed by atoms with Gasteiger partial charge in [0.25, 0.3) is 0 Å². The molecule has 3 heteroatoms. The molecule has 0 atom stereocenters. The molecule has 0 N–H and O–H groups in total. The molecule has 3 heterocycles. The Bertz CT molecular complexity index is 4090. The quantitative estimate of drug-likeness (QED) is 0.167. The zero-order chi connectivity index (χ0) is 48.8. The highest BCUT2D eigenvalue weighted by Gasteiger charge is 2.25. The van der Waals surface area contributed by atoms with Gasteiger partial charge in [-0.25, -0.2) is 0 Å². The van der Waals surface area contributed by atoms with E-state index in [1.807, 2.05) is 78.9 Å². The molecular weight excluding hydrogens is 691 g/mol. The van der Waals surface area contributed by atoms with Gasteiger partial charge in [-0.2, -0.15) is 0 Å². The standard InChI is InChI=1S/C54H35N3/c1-3-18-36(19-4-1)38-26-15-27-39(37-20-5-2-6-21-37)52(38)57-49-33-14-10-25-43(49)45-29-17-35-51(54(45)57)56-48-32-13-9-24-42(48)44-28-16-34-50(53(44)56)55-46-30-11-7-22-40(46)41-23-8-12-31-47(41)55/h1-35H/i1D,2D,3D,4D,5D,6D,15D,18D,19D,20D,21D,26D,27D. The fourth-order valence-electron chi connectivity index (χ4n) is 8.76. The number of hydrogen-bond acceptors (Lipinski definition) is 0. The third-order valence-electron chi connectivity index (χ3n) is 11.0. The lowest BCUT2D eigenvalue weighted by atomic mass is 9.95. The van der Waals surface area contributed by atoms with Crippen LogP contribution < -0.4 is 0 Å². The zero-order valence-corrected chi connectivity index (χ0v) is 30.0. The SMILES string of the molecule is [2H]c1c([2H])c([2H])c(-c2c([2H])c([2H])c([2H])c(-c3c([2H])c([2H])c([2H])c([2H])c3[2H])c2-n2c3ccccc3c3cccc(-n4c5ccccc5c5cccc(-n6c7ccccc7c7ccccc76)c54)c32)c([2H])c1[2H]. The smallest absolute Gasteiger partial charge is 0.0783 e. The Morgan fingerprint density at radius 1 is 0.298 bits per heavy atom. The third kappa shape index (κ3) is 4.60. The summed E-state index contributed by atoms with van der Waals surface area (Å²) in [6, 6.07) is 34.7. The number of benzene rings is 9. The second-order valence-electron chi connectivity index (χ2n) is 13.9. The van der Waals surface area contributed by atoms with Crippen LogP contribution in [0.3, 0.4) is 0 Å². The Kier molecular flexibility index (Phi) is 4.69. The summed E-state index contributed by atoms with van der Waals surface area (Å²) < 4.78 is 124. The van der Waals surface area contributed by atoms with E-state index >= 15 is 0 Å². The average molecular weight is 739 g/mol. The van der Waals surface area contributed by atoms with E-state index in [2.05, 4.69) is 51.6 Å². The lowest BCUT2D eigenvalue weighted by Gasteiger charge is -2.21. The van der Waals surface area contributed by atoms with E-state index in [-0.39, 0.29) is 16.8 Å². The molecule has 57 heavy (non-hydrogen) atoms. The minimum Gasteiger partial charge on any atom is -0.307 e. The molecule has 0 aliphatic heterocycles. The van der Waals surface area contributed by atoms with Gasteiger partial charge in [-0.1, -0.05) is 176 Å². The molecule has 0 spiro atoms. The van der Waals surface area contributed by atoms with Crippen LogP contribution in [0.2, 0.25) is 0 Å². The maximum Gasteiger partial charge on any atom is 0.0783 e. The van der Waals surface area contributed by atoms with E-state index in [0.29, 0.717) is 27.5 Å². The van der Waals surface area contributed by atoms with Gasteiger partial charge in [-0.05, 0) is 47.5 Å². The number of aromatic nitrogens is 3. The molecule has 0 saturated heterocycles. The lowest BCUT2D eigenvalue weighted by Crippen LogP contribution is -2.05. The van der Waals surface area contributed by atoms with E-state index in [1.54, 1.807) is 16.7 Å². The van der Waals surface area contributed by atoms with Crippen molar-refractivity contribution in [1.82, 2.24) is 13.7 Å². The third-order valence-corrected chi connectivity index (χ3v) is 11.0. The number of rotatable bonds is 5. The summed E-state index contributed by atoms with van der Waals surface area (Å²) in [5.74, 6) is 0. The summed E-state index contributed by atoms with van der Waals surface area (Å²) in [5.41, 5.74) is 4.16. The van der Waals surface area contributed by atoms with Crippen LogP contribution in [0.5, 0.6) is 0 Å². The fraction of sp³-hybridized carbons (Fsp3) is 0. The van der Waals surface area contributed by atoms with E-state index in [9.17, 15) is 9.60 Å². The van der Waals surface area contributed by atoms with Crippen molar-refractivity contribution >= 4 is 65.4 Å². The van der Waals surface area contributed by atoms with E-state index in [4.69, 9.17) is 8.22 Å². The van der Waals surface area contributed by atoms with Crippen LogP contribution >= 0.6 is 0 Å². The summed E-state index contributed by atoms with van der Waals surface area (Å²) in [7, 11) is 0. The maximum absolute atomic E-state index is 9.69. The van der Waals surface area contributed by atoms with Crippen LogP contribution in [0.25, 0.3) is 105 Å². The Labute approximate surface area is 347 Å². The molecule has 0 amide bonds. The Hall–Kier alpha value is -7.62. The van der Waals surface area contributed by atoms with E-state index in [1.165, 1.54) is 0 Å². The van der Waals surface area contributed by atoms with Gasteiger partial charge in [-0.15, -0.1) is 0 Å². The highest BCUT2D eigenvalue weighted by molar-refractivity contribution is 6.18. The van der Waals surface area contributed by atoms with Gasteiger partial charge in [0.2, 0.25) is 0 Å². The van der Waals surface area contributed by atoms with Crippen molar-refractivity contribution in [3.8, 4) is 39.3 Å². The number of hydrogen-bond donors (Lipinski definition) is 0. The van der Waals surface area contributed by atoms with Crippen LogP contribution in [-0.4, -0.2) is 13.7 Å². The topological polar surface area (TPSA) is 14.8 Å². The molecule has 0 bridgehead atoms. The molecule has 266 valence electrons. The summed E-state index contributed by atoms with van der Waals surface area (Å²) in [6.07, 6.45) is 0. The molecular formula is C54H35N3. The van der Waals surface area contributed by atoms with Crippen molar-refractivity contribution in [3.05, 3.63) is 212 Å². The van der Waals surface area contributed by atoms with Gasteiger partial charge in [0.1, 0.15) is 0 Å². The molecule has 9 aromatic carbocycles. The normalized spacial score (nSPS) is 15.1. The molecule has 0 radical (unpaired) electrons. The zero-order valence-electron chi connectivity index (χ0n) is 43.0. The molecule has 0 aliphatic carbocycles. The predicted octanol–water partition coefficient (Wildman–Crippen LogP) is 14.3. The first-order valence-electron chi connectivity index (χ1n) is 25.1. The minimum atomic E-state index is -0.744. The monoisotopic (exact) mass is 738 g/mol. The van der Waals surface area contributed by atoms with E-state index in [0.717, 1.165) is 49.3 Å². The Morgan fingerprint density at radius 2 is 0.667 bits per heavy atom. The Morgan fingerprint density at radius 3 is 1.16 bits per heavy atom. The number of para-hydroxylation sites is 7. The maximum atomic E-state index is 9.69. The molecule has 12 rings (SSSR count). The highest BCUT2D eigenvalue weighted by Crippen LogP contribution is 2.45. The summed E-state index contributed by atoms with van der Waals surface area (Å²) in [4.78, 5) is 0. The van der Waals surface area contributed by atoms with Crippen molar-refractivity contribution in [1.29, 1.82) is 0 Å². The molecule has 3 aromatic heterocycles. The van der Waals surface area contributed by atoms with Gasteiger partial charge in [0.15, 0.2) is 0 Å². The molecule has 3 nitrogen and oxygen atoms in total. The van der Waals surface area contributed by atoms with Crippen LogP contribution in [0.4, 0.5) is 0 Å². The van der Waals surface area contributed by atoms with Crippen molar-refractivity contribution in [3.63, 3.8) is 0 Å². The Balaban J connectivity index is 1.34. The molecule has 0 unspecified atom stereocenters. The van der Waals surface area contributed by atoms with Gasteiger partial charge in [0, 0.05) is 43.4 Å². The van der Waals surface area contributed by atoms with Gasteiger partial charge >= 0.3 is 0 Å². The molecule has 0 saturated carbocycles. The minimum absolute atomic E-state index is 0.176. The van der Waals surface area contributed by atoms with Gasteiger partial charge in [0.05, 0.1) is 68.0 Å². The first kappa shape index (κ1) is 21.5. The first-order chi connectivity index (χ1) is 33.7. The van der Waals surface area contributed by atoms with Crippen molar-refractivity contribution in [2.75, 3.05) is 0 Å². The van der Waals surface area contributed by atoms with Crippen LogP contribution in [0.1, 0.15) is 17.8 Å². The summed E-state index contributed by atoms with van der Waals surface area (Å²) >= 11 is 0. The van der Waals surface area contributed by atoms with Crippen LogP contribution in [0, 0.1) is 0 Å². The van der Waals surface area contributed by atoms with Crippen molar-refractivity contribution < 1.29 is 17.8 Å². The summed E-state index contributed by atoms with van der Waals surface area (Å²) in [5, 5.41) is 5.33. The van der Waals surface area contributed by atoms with Crippen molar-refractivity contribution in [2.45, 2.75) is 0 Å². The lowest BCUT2D eigenvalue weighted by molar-refractivity contribution is 1.11. The highest BCUT2D eigenvalue weighted by atomic mass is 15.1. The molecule has 12 aromatic rings. The molecule has 0 aliphatic rings. The van der Waals surface area contributed by atoms with Gasteiger partial charge < -0.3 is 13.7 Å². The number of fused-ring (bicyclic) bond motifs is 9. The van der Waals surface area contributed by atoms with E-state index < -0.39 is 89.7 Å². The second-order valence-corrected chi connectivity index (χ2v) is 13.9. The van der Waals surface area contributed by atoms with Crippen LogP contribution in [0.15, 0.2) is 212 Å². The fourth-order valence-corrected chi connectivity index (χ4v) is 8.76. The second kappa shape index (κ2) is 12.5. The van der Waals surface area contributed by atoms with Gasteiger partial charge in [-0.3, -0.25) is 0 Å². The first-order valence-corrected chi connectivity index (χ1v) is 18.6. The number of nitrogens with zero attached hydrogens (tertiary/aromatic N) is 3. The largest absolute Gasteiger partial charge is 0.307 e. The molecule has 0 fully saturated rings. The summed E-state index contributed by atoms with van der Waals surface area (Å²) in [6.45, 7) is 0. The average Bonchev–Trinajstić information content (AvgIpc) is 4.03. The van der Waals surface area contributed by atoms with Crippen LogP contribution in [-0.2, 0) is 0 Å².